The van der Waals surface area contributed by atoms with Crippen molar-refractivity contribution < 1.29 is 17.9 Å². The summed E-state index contributed by atoms with van der Waals surface area (Å²) >= 11 is 3.58. The van der Waals surface area contributed by atoms with Crippen LogP contribution in [0.3, 0.4) is 0 Å². The smallest absolute Gasteiger partial charge is 0.160 e. The van der Waals surface area contributed by atoms with Gasteiger partial charge in [-0.15, -0.1) is 0 Å². The van der Waals surface area contributed by atoms with Gasteiger partial charge in [0.05, 0.1) is 25.2 Å². The normalized spacial score (nSPS) is 22.5. The van der Waals surface area contributed by atoms with Crippen LogP contribution in [0.4, 0.5) is 0 Å². The second-order valence-corrected chi connectivity index (χ2v) is 8.83. The highest BCUT2D eigenvalue weighted by Crippen LogP contribution is 2.31. The van der Waals surface area contributed by atoms with Crippen LogP contribution in [0.15, 0.2) is 18.2 Å². The van der Waals surface area contributed by atoms with E-state index in [1.54, 1.807) is 14.2 Å². The first-order valence-corrected chi connectivity index (χ1v) is 9.67. The Labute approximate surface area is 134 Å². The predicted octanol–water partition coefficient (Wildman–Crippen LogP) is 2.98. The zero-order valence-electron chi connectivity index (χ0n) is 12.3. The van der Waals surface area contributed by atoms with Gasteiger partial charge in [-0.05, 0) is 37.0 Å². The minimum atomic E-state index is -2.97. The van der Waals surface area contributed by atoms with Crippen LogP contribution < -0.4 is 9.47 Å². The summed E-state index contributed by atoms with van der Waals surface area (Å²) in [4.78, 5) is -0.0686. The van der Waals surface area contributed by atoms with E-state index in [1.807, 2.05) is 18.2 Å². The van der Waals surface area contributed by atoms with E-state index in [2.05, 4.69) is 15.9 Å². The molecule has 0 saturated carbocycles. The molecule has 1 aromatic rings. The van der Waals surface area contributed by atoms with Crippen LogP contribution in [0.2, 0.25) is 0 Å². The molecule has 2 atom stereocenters. The fourth-order valence-corrected chi connectivity index (χ4v) is 6.36. The van der Waals surface area contributed by atoms with Crippen LogP contribution in [-0.4, -0.2) is 38.5 Å². The summed E-state index contributed by atoms with van der Waals surface area (Å²) in [6, 6.07) is 5.71. The van der Waals surface area contributed by atoms with E-state index in [0.29, 0.717) is 23.7 Å². The molecule has 1 aromatic carbocycles. The molecule has 4 nitrogen and oxygen atoms in total. The Bertz CT molecular complexity index is 585. The standard InChI is InChI=1S/C15H21BrO4S/c1-19-13-7-6-11(10-14(13)20-2)9-12(16)15-5-3-4-8-21(15,17)18/h6-7,10,12,15H,3-5,8-9H2,1-2H3. The third-order valence-electron chi connectivity index (χ3n) is 3.91. The third kappa shape index (κ3) is 3.92. The summed E-state index contributed by atoms with van der Waals surface area (Å²) in [6.45, 7) is 0. The molecule has 1 aliphatic rings. The van der Waals surface area contributed by atoms with Crippen molar-refractivity contribution in [2.75, 3.05) is 20.0 Å². The monoisotopic (exact) mass is 376 g/mol. The minimum absolute atomic E-state index is 0.0686. The summed E-state index contributed by atoms with van der Waals surface area (Å²) in [5.74, 6) is 1.66. The lowest BCUT2D eigenvalue weighted by atomic mass is 10.0. The van der Waals surface area contributed by atoms with Crippen LogP contribution >= 0.6 is 15.9 Å². The van der Waals surface area contributed by atoms with E-state index in [-0.39, 0.29) is 10.1 Å². The Morgan fingerprint density at radius 2 is 1.95 bits per heavy atom. The summed E-state index contributed by atoms with van der Waals surface area (Å²) in [5, 5.41) is -0.292. The van der Waals surface area contributed by atoms with Gasteiger partial charge in [-0.1, -0.05) is 28.4 Å². The number of halogens is 1. The molecule has 2 rings (SSSR count). The summed E-state index contributed by atoms with van der Waals surface area (Å²) in [5.41, 5.74) is 1.04. The lowest BCUT2D eigenvalue weighted by Crippen LogP contribution is -2.36. The number of ether oxygens (including phenoxy) is 2. The van der Waals surface area contributed by atoms with E-state index >= 15 is 0 Å². The molecule has 118 valence electrons. The van der Waals surface area contributed by atoms with Crippen LogP contribution in [0, 0.1) is 0 Å². The van der Waals surface area contributed by atoms with Crippen LogP contribution in [-0.2, 0) is 16.3 Å². The zero-order valence-corrected chi connectivity index (χ0v) is 14.7. The number of benzene rings is 1. The maximum atomic E-state index is 12.2. The Hall–Kier alpha value is -0.750. The van der Waals surface area contributed by atoms with Gasteiger partial charge in [0.25, 0.3) is 0 Å². The van der Waals surface area contributed by atoms with Gasteiger partial charge in [-0.2, -0.15) is 0 Å². The fraction of sp³-hybridized carbons (Fsp3) is 0.600. The lowest BCUT2D eigenvalue weighted by Gasteiger charge is -2.26. The van der Waals surface area contributed by atoms with E-state index in [4.69, 9.17) is 9.47 Å². The van der Waals surface area contributed by atoms with Crippen molar-refractivity contribution in [1.82, 2.24) is 0 Å². The number of hydrogen-bond donors (Lipinski definition) is 0. The molecule has 0 amide bonds. The van der Waals surface area contributed by atoms with Gasteiger partial charge in [0.15, 0.2) is 21.3 Å². The van der Waals surface area contributed by atoms with Gasteiger partial charge in [-0.25, -0.2) is 8.42 Å². The fourth-order valence-electron chi connectivity index (χ4n) is 2.75. The molecule has 2 unspecified atom stereocenters. The van der Waals surface area contributed by atoms with Crippen molar-refractivity contribution in [3.8, 4) is 11.5 Å². The van der Waals surface area contributed by atoms with Crippen LogP contribution in [0.1, 0.15) is 24.8 Å². The summed E-state index contributed by atoms with van der Waals surface area (Å²) < 4.78 is 34.8. The molecule has 1 fully saturated rings. The number of hydrogen-bond acceptors (Lipinski definition) is 4. The zero-order chi connectivity index (χ0) is 15.5. The molecule has 0 aliphatic carbocycles. The first kappa shape index (κ1) is 16.6. The van der Waals surface area contributed by atoms with Gasteiger partial charge >= 0.3 is 0 Å². The molecular formula is C15H21BrO4S. The molecule has 0 spiro atoms. The van der Waals surface area contributed by atoms with Crippen molar-refractivity contribution in [2.45, 2.75) is 35.8 Å². The first-order valence-electron chi connectivity index (χ1n) is 7.04. The summed E-state index contributed by atoms with van der Waals surface area (Å²) in [7, 11) is 0.219. The van der Waals surface area contributed by atoms with Crippen molar-refractivity contribution in [3.05, 3.63) is 23.8 Å². The number of rotatable bonds is 5. The minimum Gasteiger partial charge on any atom is -0.493 e. The number of methoxy groups -OCH3 is 2. The van der Waals surface area contributed by atoms with Gasteiger partial charge in [0, 0.05) is 4.83 Å². The number of alkyl halides is 1. The third-order valence-corrected chi connectivity index (χ3v) is 7.57. The van der Waals surface area contributed by atoms with Gasteiger partial charge in [-0.3, -0.25) is 0 Å². The molecular weight excluding hydrogens is 356 g/mol. The second-order valence-electron chi connectivity index (χ2n) is 5.31. The quantitative estimate of drug-likeness (QED) is 0.741. The highest BCUT2D eigenvalue weighted by Gasteiger charge is 2.34. The van der Waals surface area contributed by atoms with Gasteiger partial charge in [0.1, 0.15) is 0 Å². The molecule has 0 radical (unpaired) electrons. The maximum absolute atomic E-state index is 12.2. The number of sulfone groups is 1. The Morgan fingerprint density at radius 3 is 2.57 bits per heavy atom. The van der Waals surface area contributed by atoms with Crippen molar-refractivity contribution in [2.24, 2.45) is 0 Å². The molecule has 1 heterocycles. The maximum Gasteiger partial charge on any atom is 0.160 e. The van der Waals surface area contributed by atoms with Crippen LogP contribution in [0.5, 0.6) is 11.5 Å². The van der Waals surface area contributed by atoms with E-state index in [1.165, 1.54) is 0 Å². The highest BCUT2D eigenvalue weighted by molar-refractivity contribution is 9.09. The topological polar surface area (TPSA) is 52.6 Å². The van der Waals surface area contributed by atoms with Gasteiger partial charge < -0.3 is 9.47 Å². The largest absolute Gasteiger partial charge is 0.493 e. The Balaban J connectivity index is 2.14. The van der Waals surface area contributed by atoms with E-state index in [9.17, 15) is 8.42 Å². The first-order chi connectivity index (χ1) is 9.97. The molecule has 1 saturated heterocycles. The molecule has 6 heteroatoms. The highest BCUT2D eigenvalue weighted by atomic mass is 79.9. The van der Waals surface area contributed by atoms with E-state index in [0.717, 1.165) is 24.8 Å². The van der Waals surface area contributed by atoms with Crippen molar-refractivity contribution in [3.63, 3.8) is 0 Å². The Morgan fingerprint density at radius 1 is 1.24 bits per heavy atom. The lowest BCUT2D eigenvalue weighted by molar-refractivity contribution is 0.354. The average Bonchev–Trinajstić information content (AvgIpc) is 2.46. The molecule has 0 aromatic heterocycles. The van der Waals surface area contributed by atoms with Crippen LogP contribution in [0.25, 0.3) is 0 Å². The van der Waals surface area contributed by atoms with Crippen molar-refractivity contribution >= 4 is 25.8 Å². The Kier molecular flexibility index (Phi) is 5.54. The molecule has 0 bridgehead atoms. The molecule has 0 N–H and O–H groups in total. The predicted molar refractivity (Wildman–Crippen MR) is 87.4 cm³/mol. The average molecular weight is 377 g/mol. The molecule has 21 heavy (non-hydrogen) atoms. The van der Waals surface area contributed by atoms with Crippen molar-refractivity contribution in [1.29, 1.82) is 0 Å². The molecule has 1 aliphatic heterocycles. The summed E-state index contributed by atoms with van der Waals surface area (Å²) in [6.07, 6.45) is 3.17. The second kappa shape index (κ2) is 7.01. The SMILES string of the molecule is COc1ccc(CC(Br)C2CCCCS2(=O)=O)cc1OC. The van der Waals surface area contributed by atoms with E-state index < -0.39 is 9.84 Å². The van der Waals surface area contributed by atoms with Gasteiger partial charge in [0.2, 0.25) is 0 Å².